The Labute approximate surface area is 152 Å². The first kappa shape index (κ1) is 15.7. The van der Waals surface area contributed by atoms with Gasteiger partial charge in [0.1, 0.15) is 23.0 Å². The highest BCUT2D eigenvalue weighted by molar-refractivity contribution is 9.10. The summed E-state index contributed by atoms with van der Waals surface area (Å²) in [5, 5.41) is 0.314. The van der Waals surface area contributed by atoms with Crippen molar-refractivity contribution in [2.75, 3.05) is 0 Å². The fourth-order valence-electron chi connectivity index (χ4n) is 2.95. The van der Waals surface area contributed by atoms with Gasteiger partial charge in [-0.3, -0.25) is 0 Å². The van der Waals surface area contributed by atoms with Crippen LogP contribution in [-0.2, 0) is 5.60 Å². The molecule has 0 saturated heterocycles. The Kier molecular flexibility index (Phi) is 3.48. The molecule has 0 aliphatic carbocycles. The third-order valence-electron chi connectivity index (χ3n) is 4.07. The average Bonchev–Trinajstić information content (AvgIpc) is 2.94. The maximum Gasteiger partial charge on any atom is 0.145 e. The van der Waals surface area contributed by atoms with E-state index in [-0.39, 0.29) is 5.56 Å². The van der Waals surface area contributed by atoms with Gasteiger partial charge in [-0.15, -0.1) is 0 Å². The summed E-state index contributed by atoms with van der Waals surface area (Å²) in [6, 6.07) is 10.3. The topological polar surface area (TPSA) is 37.9 Å². The van der Waals surface area contributed by atoms with Gasteiger partial charge >= 0.3 is 0 Å². The first-order valence-electron chi connectivity index (χ1n) is 7.40. The minimum absolute atomic E-state index is 0.265. The Morgan fingerprint density at radius 2 is 2.04 bits per heavy atom. The number of benzene rings is 2. The third kappa shape index (κ3) is 2.34. The summed E-state index contributed by atoms with van der Waals surface area (Å²) < 4.78 is 21.3. The molecule has 2 heterocycles. The zero-order valence-electron chi connectivity index (χ0n) is 13.0. The number of aromatic amines is 1. The number of rotatable bonds is 1. The lowest BCUT2D eigenvalue weighted by Crippen LogP contribution is -2.29. The highest BCUT2D eigenvalue weighted by Gasteiger charge is 2.36. The summed E-state index contributed by atoms with van der Waals surface area (Å²) in [7, 11) is 0. The van der Waals surface area contributed by atoms with Crippen LogP contribution in [0.4, 0.5) is 4.39 Å². The number of fused-ring (bicyclic) bond motifs is 3. The van der Waals surface area contributed by atoms with Crippen molar-refractivity contribution in [3.05, 3.63) is 57.4 Å². The molecule has 122 valence electrons. The molecule has 0 spiro atoms. The Hall–Kier alpha value is -1.85. The van der Waals surface area contributed by atoms with Gasteiger partial charge in [-0.05, 0) is 44.2 Å². The third-order valence-corrected chi connectivity index (χ3v) is 4.88. The molecule has 0 unspecified atom stereocenters. The van der Waals surface area contributed by atoms with E-state index in [0.29, 0.717) is 10.8 Å². The van der Waals surface area contributed by atoms with E-state index in [1.165, 1.54) is 6.07 Å². The van der Waals surface area contributed by atoms with Crippen LogP contribution in [0.25, 0.3) is 22.6 Å². The number of H-pyrrole nitrogens is 1. The Bertz CT molecular complexity index is 947. The van der Waals surface area contributed by atoms with Crippen LogP contribution in [0.2, 0.25) is 5.02 Å². The number of ether oxygens (including phenoxy) is 1. The number of hydrogen-bond donors (Lipinski definition) is 1. The van der Waals surface area contributed by atoms with E-state index in [9.17, 15) is 4.39 Å². The molecule has 1 aliphatic rings. The van der Waals surface area contributed by atoms with E-state index < -0.39 is 11.4 Å². The molecule has 1 aliphatic heterocycles. The van der Waals surface area contributed by atoms with Crippen LogP contribution in [-0.4, -0.2) is 9.97 Å². The molecule has 0 saturated carbocycles. The summed E-state index contributed by atoms with van der Waals surface area (Å²) >= 11 is 9.66. The molecule has 3 aromatic rings. The SMILES string of the molecule is CC1(C)Oc2ccc(Br)cc2-c2nc(-c3c(F)cccc3Cl)[nH]c21. The monoisotopic (exact) mass is 406 g/mol. The maximum atomic E-state index is 14.3. The van der Waals surface area contributed by atoms with Crippen LogP contribution in [0.5, 0.6) is 5.75 Å². The standard InChI is InChI=1S/C18H13BrClFN2O/c1-18(2)16-15(10-8-9(19)6-7-13(10)24-18)22-17(23-16)14-11(20)4-3-5-12(14)21/h3-8H,1-2H3,(H,22,23). The summed E-state index contributed by atoms with van der Waals surface area (Å²) in [6.45, 7) is 3.89. The van der Waals surface area contributed by atoms with Crippen LogP contribution < -0.4 is 4.74 Å². The maximum absolute atomic E-state index is 14.3. The van der Waals surface area contributed by atoms with Gasteiger partial charge in [0, 0.05) is 10.0 Å². The predicted molar refractivity (Wildman–Crippen MR) is 95.8 cm³/mol. The van der Waals surface area contributed by atoms with Gasteiger partial charge in [-0.25, -0.2) is 9.37 Å². The largest absolute Gasteiger partial charge is 0.481 e. The molecule has 0 amide bonds. The Morgan fingerprint density at radius 3 is 2.79 bits per heavy atom. The van der Waals surface area contributed by atoms with Crippen LogP contribution >= 0.6 is 27.5 Å². The van der Waals surface area contributed by atoms with E-state index in [2.05, 4.69) is 25.9 Å². The van der Waals surface area contributed by atoms with Crippen LogP contribution in [0.1, 0.15) is 19.5 Å². The van der Waals surface area contributed by atoms with Gasteiger partial charge in [0.05, 0.1) is 22.0 Å². The van der Waals surface area contributed by atoms with E-state index >= 15 is 0 Å². The van der Waals surface area contributed by atoms with E-state index in [0.717, 1.165) is 27.2 Å². The van der Waals surface area contributed by atoms with E-state index in [4.69, 9.17) is 16.3 Å². The molecule has 1 N–H and O–H groups in total. The number of nitrogens with zero attached hydrogens (tertiary/aromatic N) is 1. The predicted octanol–water partition coefficient (Wildman–Crippen LogP) is 5.93. The smallest absolute Gasteiger partial charge is 0.145 e. The fraction of sp³-hybridized carbons (Fsp3) is 0.167. The lowest BCUT2D eigenvalue weighted by atomic mass is 9.95. The zero-order valence-corrected chi connectivity index (χ0v) is 15.3. The van der Waals surface area contributed by atoms with Crippen molar-refractivity contribution in [2.45, 2.75) is 19.4 Å². The molecule has 24 heavy (non-hydrogen) atoms. The first-order valence-corrected chi connectivity index (χ1v) is 8.58. The van der Waals surface area contributed by atoms with E-state index in [1.54, 1.807) is 12.1 Å². The number of nitrogens with one attached hydrogen (secondary N) is 1. The first-order chi connectivity index (χ1) is 11.4. The van der Waals surface area contributed by atoms with Crippen molar-refractivity contribution in [3.63, 3.8) is 0 Å². The van der Waals surface area contributed by atoms with Crippen LogP contribution in [0.15, 0.2) is 40.9 Å². The number of hydrogen-bond acceptors (Lipinski definition) is 2. The molecule has 1 aromatic heterocycles. The number of imidazole rings is 1. The highest BCUT2D eigenvalue weighted by atomic mass is 79.9. The van der Waals surface area contributed by atoms with Crippen molar-refractivity contribution in [1.29, 1.82) is 0 Å². The fourth-order valence-corrected chi connectivity index (χ4v) is 3.56. The molecule has 4 rings (SSSR count). The second-order valence-corrected chi connectivity index (χ2v) is 7.48. The van der Waals surface area contributed by atoms with Gasteiger partial charge in [-0.2, -0.15) is 0 Å². The quantitative estimate of drug-likeness (QED) is 0.543. The Morgan fingerprint density at radius 1 is 1.25 bits per heavy atom. The normalized spacial score (nSPS) is 14.7. The van der Waals surface area contributed by atoms with Crippen molar-refractivity contribution in [1.82, 2.24) is 9.97 Å². The lowest BCUT2D eigenvalue weighted by Gasteiger charge is -2.31. The van der Waals surface area contributed by atoms with Gasteiger partial charge < -0.3 is 9.72 Å². The van der Waals surface area contributed by atoms with Crippen molar-refractivity contribution < 1.29 is 9.13 Å². The molecule has 0 radical (unpaired) electrons. The molecule has 0 fully saturated rings. The molecule has 0 atom stereocenters. The van der Waals surface area contributed by atoms with Crippen molar-refractivity contribution in [3.8, 4) is 28.4 Å². The molecule has 6 heteroatoms. The van der Waals surface area contributed by atoms with Crippen LogP contribution in [0.3, 0.4) is 0 Å². The van der Waals surface area contributed by atoms with Gasteiger partial charge in [0.2, 0.25) is 0 Å². The molecule has 3 nitrogen and oxygen atoms in total. The lowest BCUT2D eigenvalue weighted by molar-refractivity contribution is 0.101. The highest BCUT2D eigenvalue weighted by Crippen LogP contribution is 2.46. The number of aromatic nitrogens is 2. The minimum atomic E-state index is -0.612. The summed E-state index contributed by atoms with van der Waals surface area (Å²) in [4.78, 5) is 7.85. The summed E-state index contributed by atoms with van der Waals surface area (Å²) in [6.07, 6.45) is 0. The second kappa shape index (κ2) is 5.33. The van der Waals surface area contributed by atoms with Gasteiger partial charge in [0.15, 0.2) is 0 Å². The van der Waals surface area contributed by atoms with Gasteiger partial charge in [0.25, 0.3) is 0 Å². The summed E-state index contributed by atoms with van der Waals surface area (Å²) in [5.41, 5.74) is 2.05. The molecule has 2 aromatic carbocycles. The van der Waals surface area contributed by atoms with Crippen molar-refractivity contribution in [2.24, 2.45) is 0 Å². The molecule has 0 bridgehead atoms. The van der Waals surface area contributed by atoms with Gasteiger partial charge in [-0.1, -0.05) is 33.6 Å². The average molecular weight is 408 g/mol. The number of halogens is 3. The van der Waals surface area contributed by atoms with Crippen LogP contribution in [0, 0.1) is 5.82 Å². The second-order valence-electron chi connectivity index (χ2n) is 6.16. The molecular weight excluding hydrogens is 395 g/mol. The summed E-state index contributed by atoms with van der Waals surface area (Å²) in [5.74, 6) is 0.725. The molecular formula is C18H13BrClFN2O. The Balaban J connectivity index is 1.99. The minimum Gasteiger partial charge on any atom is -0.481 e. The van der Waals surface area contributed by atoms with Crippen molar-refractivity contribution >= 4 is 27.5 Å². The van der Waals surface area contributed by atoms with E-state index in [1.807, 2.05) is 32.0 Å². The zero-order chi connectivity index (χ0) is 17.1.